The number of hydrogen-bond acceptors (Lipinski definition) is 4. The lowest BCUT2D eigenvalue weighted by Gasteiger charge is -2.23. The average Bonchev–Trinajstić information content (AvgIpc) is 2.64. The number of hydrogen-bond donors (Lipinski definition) is 1. The van der Waals surface area contributed by atoms with Crippen molar-refractivity contribution < 1.29 is 17.9 Å². The molecular formula is C21H28N2O4S. The number of rotatable bonds is 9. The summed E-state index contributed by atoms with van der Waals surface area (Å²) >= 11 is 0. The molecule has 0 unspecified atom stereocenters. The van der Waals surface area contributed by atoms with Crippen molar-refractivity contribution in [2.45, 2.75) is 33.2 Å². The van der Waals surface area contributed by atoms with Gasteiger partial charge < -0.3 is 10.1 Å². The van der Waals surface area contributed by atoms with Gasteiger partial charge in [0.2, 0.25) is 15.9 Å². The Hall–Kier alpha value is -2.54. The van der Waals surface area contributed by atoms with Gasteiger partial charge in [0, 0.05) is 0 Å². The third-order valence-corrected chi connectivity index (χ3v) is 5.38. The van der Waals surface area contributed by atoms with E-state index in [2.05, 4.69) is 5.32 Å². The van der Waals surface area contributed by atoms with E-state index in [-0.39, 0.29) is 18.5 Å². The summed E-state index contributed by atoms with van der Waals surface area (Å²) in [5.41, 5.74) is 2.52. The van der Waals surface area contributed by atoms with Gasteiger partial charge in [-0.25, -0.2) is 8.42 Å². The summed E-state index contributed by atoms with van der Waals surface area (Å²) in [6, 6.07) is 14.3. The van der Waals surface area contributed by atoms with Gasteiger partial charge in [-0.05, 0) is 50.1 Å². The second-order valence-corrected chi connectivity index (χ2v) is 8.72. The van der Waals surface area contributed by atoms with Crippen LogP contribution in [0.3, 0.4) is 0 Å². The number of ether oxygens (including phenoxy) is 1. The van der Waals surface area contributed by atoms with Gasteiger partial charge in [-0.2, -0.15) is 0 Å². The summed E-state index contributed by atoms with van der Waals surface area (Å²) in [6.07, 6.45) is 1.97. The van der Waals surface area contributed by atoms with Crippen molar-refractivity contribution in [3.8, 4) is 5.75 Å². The molecule has 7 heteroatoms. The molecular weight excluding hydrogens is 376 g/mol. The zero-order chi connectivity index (χ0) is 20.7. The van der Waals surface area contributed by atoms with Gasteiger partial charge in [0.25, 0.3) is 0 Å². The minimum Gasteiger partial charge on any atom is -0.494 e. The molecule has 1 N–H and O–H groups in total. The number of anilines is 1. The molecule has 6 nitrogen and oxygen atoms in total. The van der Waals surface area contributed by atoms with Crippen LogP contribution in [0.1, 0.15) is 37.4 Å². The number of nitrogens with zero attached hydrogens (tertiary/aromatic N) is 1. The van der Waals surface area contributed by atoms with E-state index in [0.29, 0.717) is 18.0 Å². The van der Waals surface area contributed by atoms with E-state index in [0.717, 1.165) is 28.1 Å². The van der Waals surface area contributed by atoms with Crippen molar-refractivity contribution >= 4 is 21.6 Å². The molecule has 0 saturated carbocycles. The highest BCUT2D eigenvalue weighted by Crippen LogP contribution is 2.22. The molecule has 1 atom stereocenters. The van der Waals surface area contributed by atoms with Gasteiger partial charge in [0.1, 0.15) is 12.3 Å². The number of amides is 1. The Kier molecular flexibility index (Phi) is 7.45. The summed E-state index contributed by atoms with van der Waals surface area (Å²) in [5, 5.41) is 2.86. The molecule has 0 aliphatic heterocycles. The fourth-order valence-corrected chi connectivity index (χ4v) is 3.54. The van der Waals surface area contributed by atoms with Crippen LogP contribution in [0, 0.1) is 6.92 Å². The Labute approximate surface area is 167 Å². The van der Waals surface area contributed by atoms with Crippen LogP contribution in [-0.2, 0) is 14.8 Å². The molecule has 0 radical (unpaired) electrons. The number of carbonyl (C=O) groups excluding carboxylic acids is 1. The molecule has 0 saturated heterocycles. The van der Waals surface area contributed by atoms with Crippen LogP contribution in [-0.4, -0.2) is 33.7 Å². The van der Waals surface area contributed by atoms with Gasteiger partial charge >= 0.3 is 0 Å². The summed E-state index contributed by atoms with van der Waals surface area (Å²) in [5.74, 6) is 0.293. The second-order valence-electron chi connectivity index (χ2n) is 6.81. The minimum atomic E-state index is -3.62. The lowest BCUT2D eigenvalue weighted by Crippen LogP contribution is -2.41. The predicted octanol–water partition coefficient (Wildman–Crippen LogP) is 3.43. The number of aryl methyl sites for hydroxylation is 1. The van der Waals surface area contributed by atoms with E-state index < -0.39 is 10.0 Å². The smallest absolute Gasteiger partial charge is 0.241 e. The molecule has 0 aliphatic rings. The van der Waals surface area contributed by atoms with Crippen LogP contribution in [0.15, 0.2) is 48.5 Å². The van der Waals surface area contributed by atoms with E-state index in [1.165, 1.54) is 0 Å². The minimum absolute atomic E-state index is 0.223. The molecule has 1 amide bonds. The normalized spacial score (nSPS) is 12.3. The number of sulfonamides is 1. The molecule has 2 aromatic carbocycles. The van der Waals surface area contributed by atoms with Crippen molar-refractivity contribution in [2.24, 2.45) is 0 Å². The van der Waals surface area contributed by atoms with Gasteiger partial charge in [-0.3, -0.25) is 9.10 Å². The summed E-state index contributed by atoms with van der Waals surface area (Å²) in [7, 11) is -3.62. The van der Waals surface area contributed by atoms with E-state index in [1.54, 1.807) is 24.3 Å². The summed E-state index contributed by atoms with van der Waals surface area (Å²) < 4.78 is 31.1. The number of carbonyl (C=O) groups is 1. The Morgan fingerprint density at radius 1 is 1.11 bits per heavy atom. The zero-order valence-electron chi connectivity index (χ0n) is 16.8. The molecule has 0 bridgehead atoms. The topological polar surface area (TPSA) is 75.7 Å². The fourth-order valence-electron chi connectivity index (χ4n) is 2.68. The van der Waals surface area contributed by atoms with Gasteiger partial charge in [-0.15, -0.1) is 0 Å². The monoisotopic (exact) mass is 404 g/mol. The Bertz CT molecular complexity index is 878. The van der Waals surface area contributed by atoms with Gasteiger partial charge in [-0.1, -0.05) is 36.8 Å². The van der Waals surface area contributed by atoms with Gasteiger partial charge in [0.05, 0.1) is 24.6 Å². The van der Waals surface area contributed by atoms with E-state index >= 15 is 0 Å². The van der Waals surface area contributed by atoms with Crippen molar-refractivity contribution in [3.05, 3.63) is 59.7 Å². The summed E-state index contributed by atoms with van der Waals surface area (Å²) in [6.45, 7) is 6.18. The maximum atomic E-state index is 12.5. The van der Waals surface area contributed by atoms with Crippen LogP contribution in [0.4, 0.5) is 5.69 Å². The average molecular weight is 405 g/mol. The van der Waals surface area contributed by atoms with Gasteiger partial charge in [0.15, 0.2) is 0 Å². The van der Waals surface area contributed by atoms with E-state index in [1.807, 2.05) is 45.0 Å². The highest BCUT2D eigenvalue weighted by Gasteiger charge is 2.22. The molecule has 0 aromatic heterocycles. The summed E-state index contributed by atoms with van der Waals surface area (Å²) in [4.78, 5) is 12.5. The first kappa shape index (κ1) is 21.8. The van der Waals surface area contributed by atoms with Crippen LogP contribution in [0.25, 0.3) is 0 Å². The first-order valence-corrected chi connectivity index (χ1v) is 11.1. The highest BCUT2D eigenvalue weighted by molar-refractivity contribution is 7.92. The van der Waals surface area contributed by atoms with E-state index in [4.69, 9.17) is 4.74 Å². The third kappa shape index (κ3) is 6.27. The zero-order valence-corrected chi connectivity index (χ0v) is 17.6. The van der Waals surface area contributed by atoms with Crippen LogP contribution >= 0.6 is 0 Å². The quantitative estimate of drug-likeness (QED) is 0.695. The van der Waals surface area contributed by atoms with Crippen molar-refractivity contribution in [1.82, 2.24) is 5.32 Å². The van der Waals surface area contributed by atoms with Crippen molar-refractivity contribution in [1.29, 1.82) is 0 Å². The van der Waals surface area contributed by atoms with Crippen molar-refractivity contribution in [3.63, 3.8) is 0 Å². The molecule has 0 aliphatic carbocycles. The Morgan fingerprint density at radius 3 is 2.25 bits per heavy atom. The third-order valence-electron chi connectivity index (χ3n) is 4.24. The fraction of sp³-hybridized carbons (Fsp3) is 0.381. The molecule has 0 heterocycles. The van der Waals surface area contributed by atoms with E-state index in [9.17, 15) is 13.2 Å². The first-order chi connectivity index (χ1) is 13.2. The standard InChI is InChI=1S/C21H28N2O4S/c1-5-14-27-20-12-10-19(11-13-20)23(28(4,25)26)15-21(24)22-17(3)18-8-6-16(2)7-9-18/h6-13,17H,5,14-15H2,1-4H3,(H,22,24)/t17-/m0/s1. The van der Waals surface area contributed by atoms with Crippen LogP contribution in [0.2, 0.25) is 0 Å². The highest BCUT2D eigenvalue weighted by atomic mass is 32.2. The first-order valence-electron chi connectivity index (χ1n) is 9.27. The number of nitrogens with one attached hydrogen (secondary N) is 1. The molecule has 28 heavy (non-hydrogen) atoms. The Morgan fingerprint density at radius 2 is 1.71 bits per heavy atom. The van der Waals surface area contributed by atoms with Crippen LogP contribution in [0.5, 0.6) is 5.75 Å². The largest absolute Gasteiger partial charge is 0.494 e. The molecule has 2 aromatic rings. The second kappa shape index (κ2) is 9.59. The molecule has 2 rings (SSSR count). The van der Waals surface area contributed by atoms with Crippen LogP contribution < -0.4 is 14.4 Å². The molecule has 0 spiro atoms. The predicted molar refractivity (Wildman–Crippen MR) is 112 cm³/mol. The Balaban J connectivity index is 2.09. The number of benzene rings is 2. The SMILES string of the molecule is CCCOc1ccc(N(CC(=O)N[C@@H](C)c2ccc(C)cc2)S(C)(=O)=O)cc1. The lowest BCUT2D eigenvalue weighted by molar-refractivity contribution is -0.120. The maximum Gasteiger partial charge on any atom is 0.241 e. The van der Waals surface area contributed by atoms with Crippen molar-refractivity contribution in [2.75, 3.05) is 23.7 Å². The molecule has 0 fully saturated rings. The maximum absolute atomic E-state index is 12.5. The molecule has 152 valence electrons. The lowest BCUT2D eigenvalue weighted by atomic mass is 10.1.